The Morgan fingerprint density at radius 1 is 0.955 bits per heavy atom. The van der Waals surface area contributed by atoms with Crippen LogP contribution in [-0.2, 0) is 4.79 Å². The smallest absolute Gasteiger partial charge is 0.177 e. The largest absolute Gasteiger partial charge is 0.324 e. The maximum atomic E-state index is 10.3. The van der Waals surface area contributed by atoms with E-state index in [1.807, 2.05) is 0 Å². The molecule has 1 aliphatic rings. The first-order valence-corrected chi connectivity index (χ1v) is 9.18. The van der Waals surface area contributed by atoms with Crippen LogP contribution in [0.5, 0.6) is 0 Å². The summed E-state index contributed by atoms with van der Waals surface area (Å²) in [5.41, 5.74) is 0. The van der Waals surface area contributed by atoms with Gasteiger partial charge in [0, 0.05) is 6.21 Å². The van der Waals surface area contributed by atoms with Gasteiger partial charge in [-0.15, -0.1) is 0 Å². The van der Waals surface area contributed by atoms with Crippen molar-refractivity contribution in [1.29, 1.82) is 0 Å². The molecule has 3 nitrogen and oxygen atoms in total. The second-order valence-electron chi connectivity index (χ2n) is 6.20. The van der Waals surface area contributed by atoms with E-state index in [9.17, 15) is 4.79 Å². The van der Waals surface area contributed by atoms with Gasteiger partial charge < -0.3 is 4.48 Å². The standard InChI is InChI=1S/C14H32N.C5H5NO/c1-5-9-12-15(8-4,13-10-6-2)14-11-7-3;7-5-2-1-3-6-4-5/h5-14H2,1-4H3;1-3H,4H2/q+1;. The highest BCUT2D eigenvalue weighted by Gasteiger charge is 2.22. The topological polar surface area (TPSA) is 29.4 Å². The van der Waals surface area contributed by atoms with Gasteiger partial charge in [0.25, 0.3) is 0 Å². The van der Waals surface area contributed by atoms with E-state index in [4.69, 9.17) is 0 Å². The number of hydrogen-bond donors (Lipinski definition) is 0. The average Bonchev–Trinajstić information content (AvgIpc) is 2.56. The van der Waals surface area contributed by atoms with E-state index in [1.165, 1.54) is 75.3 Å². The SMILES string of the molecule is CCCC[N+](CC)(CCCC)CCCC.O=C1C=CC=NC1. The van der Waals surface area contributed by atoms with Gasteiger partial charge in [0.05, 0.1) is 26.2 Å². The fourth-order valence-electron chi connectivity index (χ4n) is 2.70. The molecular formula is C19H37N2O+. The number of rotatable bonds is 10. The molecule has 1 heterocycles. The number of allylic oxidation sites excluding steroid dienone is 1. The molecule has 0 saturated heterocycles. The third-order valence-electron chi connectivity index (χ3n) is 4.35. The molecule has 0 bridgehead atoms. The first-order valence-electron chi connectivity index (χ1n) is 9.18. The molecule has 0 aromatic heterocycles. The molecular weight excluding hydrogens is 272 g/mol. The zero-order valence-electron chi connectivity index (χ0n) is 15.3. The van der Waals surface area contributed by atoms with Crippen LogP contribution in [0.25, 0.3) is 0 Å². The van der Waals surface area contributed by atoms with Gasteiger partial charge in [-0.3, -0.25) is 9.79 Å². The highest BCUT2D eigenvalue weighted by Crippen LogP contribution is 2.14. The van der Waals surface area contributed by atoms with Gasteiger partial charge in [0.15, 0.2) is 5.78 Å². The Labute approximate surface area is 138 Å². The van der Waals surface area contributed by atoms with E-state index in [0.717, 1.165) is 0 Å². The summed E-state index contributed by atoms with van der Waals surface area (Å²) in [4.78, 5) is 14.0. The molecule has 3 heteroatoms. The van der Waals surface area contributed by atoms with Crippen molar-refractivity contribution >= 4 is 12.0 Å². The lowest BCUT2D eigenvalue weighted by Crippen LogP contribution is -2.49. The molecule has 0 N–H and O–H groups in total. The Bertz CT molecular complexity index is 313. The molecule has 0 aromatic carbocycles. The van der Waals surface area contributed by atoms with Crippen LogP contribution in [0, 0.1) is 0 Å². The minimum absolute atomic E-state index is 0.0856. The van der Waals surface area contributed by atoms with Gasteiger partial charge in [-0.05, 0) is 38.3 Å². The lowest BCUT2D eigenvalue weighted by atomic mass is 10.1. The number of ketones is 1. The third-order valence-corrected chi connectivity index (χ3v) is 4.35. The fourth-order valence-corrected chi connectivity index (χ4v) is 2.70. The summed E-state index contributed by atoms with van der Waals surface area (Å²) in [5.74, 6) is 0.0856. The van der Waals surface area contributed by atoms with Crippen LogP contribution in [0.2, 0.25) is 0 Å². The van der Waals surface area contributed by atoms with Crippen molar-refractivity contribution < 1.29 is 9.28 Å². The normalized spacial score (nSPS) is 13.9. The first kappa shape index (κ1) is 21.0. The number of hydrogen-bond acceptors (Lipinski definition) is 2. The average molecular weight is 310 g/mol. The van der Waals surface area contributed by atoms with Gasteiger partial charge in [-0.25, -0.2) is 0 Å². The van der Waals surface area contributed by atoms with E-state index in [-0.39, 0.29) is 5.78 Å². The molecule has 0 spiro atoms. The summed E-state index contributed by atoms with van der Waals surface area (Å²) >= 11 is 0. The molecule has 0 aliphatic carbocycles. The van der Waals surface area contributed by atoms with Crippen LogP contribution in [0.3, 0.4) is 0 Å². The molecule has 0 unspecified atom stereocenters. The molecule has 0 radical (unpaired) electrons. The number of aliphatic imine (C=N–C) groups is 1. The Hall–Kier alpha value is -0.960. The summed E-state index contributed by atoms with van der Waals surface area (Å²) in [7, 11) is 0. The Balaban J connectivity index is 0.000000518. The first-order chi connectivity index (χ1) is 10.6. The van der Waals surface area contributed by atoms with Crippen molar-refractivity contribution in [2.75, 3.05) is 32.7 Å². The Morgan fingerprint density at radius 2 is 1.45 bits per heavy atom. The van der Waals surface area contributed by atoms with E-state index in [0.29, 0.717) is 6.54 Å². The zero-order valence-corrected chi connectivity index (χ0v) is 15.3. The predicted molar refractivity (Wildman–Crippen MR) is 97.6 cm³/mol. The van der Waals surface area contributed by atoms with E-state index < -0.39 is 0 Å². The predicted octanol–water partition coefficient (Wildman–Crippen LogP) is 4.42. The molecule has 0 saturated carbocycles. The maximum Gasteiger partial charge on any atom is 0.177 e. The van der Waals surface area contributed by atoms with Crippen molar-refractivity contribution in [3.05, 3.63) is 12.2 Å². The number of quaternary nitrogens is 1. The Morgan fingerprint density at radius 3 is 1.68 bits per heavy atom. The van der Waals surface area contributed by atoms with Crippen LogP contribution in [0.1, 0.15) is 66.2 Å². The van der Waals surface area contributed by atoms with Gasteiger partial charge in [0.1, 0.15) is 6.54 Å². The zero-order chi connectivity index (χ0) is 16.7. The highest BCUT2D eigenvalue weighted by molar-refractivity contribution is 5.98. The van der Waals surface area contributed by atoms with Gasteiger partial charge in [-0.1, -0.05) is 40.0 Å². The number of nitrogens with zero attached hydrogens (tertiary/aromatic N) is 2. The molecule has 0 amide bonds. The van der Waals surface area contributed by atoms with Crippen LogP contribution in [0.4, 0.5) is 0 Å². The fraction of sp³-hybridized carbons (Fsp3) is 0.789. The van der Waals surface area contributed by atoms with E-state index >= 15 is 0 Å². The molecule has 1 rings (SSSR count). The summed E-state index contributed by atoms with van der Waals surface area (Å²) in [6, 6.07) is 0. The second-order valence-corrected chi connectivity index (χ2v) is 6.20. The van der Waals surface area contributed by atoms with Crippen LogP contribution in [0.15, 0.2) is 17.1 Å². The lowest BCUT2D eigenvalue weighted by Gasteiger charge is -2.38. The van der Waals surface area contributed by atoms with Crippen molar-refractivity contribution in [3.63, 3.8) is 0 Å². The molecule has 0 atom stereocenters. The molecule has 0 fully saturated rings. The molecule has 0 aromatic rings. The minimum Gasteiger partial charge on any atom is -0.324 e. The summed E-state index contributed by atoms with van der Waals surface area (Å²) in [6.45, 7) is 15.2. The van der Waals surface area contributed by atoms with Crippen LogP contribution in [-0.4, -0.2) is 49.2 Å². The summed E-state index contributed by atoms with van der Waals surface area (Å²) < 4.78 is 1.38. The second kappa shape index (κ2) is 13.7. The van der Waals surface area contributed by atoms with Crippen molar-refractivity contribution in [1.82, 2.24) is 0 Å². The lowest BCUT2D eigenvalue weighted by molar-refractivity contribution is -0.927. The summed E-state index contributed by atoms with van der Waals surface area (Å²) in [5, 5.41) is 0. The quantitative estimate of drug-likeness (QED) is 0.549. The number of carbonyl (C=O) groups is 1. The third kappa shape index (κ3) is 9.88. The van der Waals surface area contributed by atoms with Crippen molar-refractivity contribution in [2.24, 2.45) is 4.99 Å². The van der Waals surface area contributed by atoms with Gasteiger partial charge in [0.2, 0.25) is 0 Å². The summed E-state index contributed by atoms with van der Waals surface area (Å²) in [6.07, 6.45) is 13.0. The minimum atomic E-state index is 0.0856. The molecule has 22 heavy (non-hydrogen) atoms. The van der Waals surface area contributed by atoms with Crippen molar-refractivity contribution in [2.45, 2.75) is 66.2 Å². The van der Waals surface area contributed by atoms with Gasteiger partial charge in [-0.2, -0.15) is 0 Å². The van der Waals surface area contributed by atoms with E-state index in [2.05, 4.69) is 32.7 Å². The number of carbonyl (C=O) groups excluding carboxylic acids is 1. The maximum absolute atomic E-state index is 10.3. The molecule has 1 aliphatic heterocycles. The molecule has 128 valence electrons. The van der Waals surface area contributed by atoms with Gasteiger partial charge >= 0.3 is 0 Å². The monoisotopic (exact) mass is 309 g/mol. The number of dihydropyridines is 1. The van der Waals surface area contributed by atoms with E-state index in [1.54, 1.807) is 12.3 Å². The number of unbranched alkanes of at least 4 members (excludes halogenated alkanes) is 3. The van der Waals surface area contributed by atoms with Crippen LogP contribution >= 0.6 is 0 Å². The highest BCUT2D eigenvalue weighted by atomic mass is 16.1. The van der Waals surface area contributed by atoms with Crippen molar-refractivity contribution in [3.8, 4) is 0 Å². The Kier molecular flexibility index (Phi) is 13.1. The van der Waals surface area contributed by atoms with Crippen LogP contribution < -0.4 is 0 Å².